The number of para-hydroxylation sites is 1. The molecule has 0 aliphatic carbocycles. The molecular formula is C15H20N2O3. The highest BCUT2D eigenvalue weighted by atomic mass is 16.5. The Balaban J connectivity index is 2.43. The van der Waals surface area contributed by atoms with Crippen molar-refractivity contribution < 1.29 is 14.3 Å². The molecule has 0 bridgehead atoms. The fraction of sp³-hybridized carbons (Fsp3) is 0.400. The molecule has 0 atom stereocenters. The van der Waals surface area contributed by atoms with Gasteiger partial charge < -0.3 is 14.0 Å². The van der Waals surface area contributed by atoms with Gasteiger partial charge in [0.1, 0.15) is 18.2 Å². The molecule has 0 amide bonds. The largest absolute Gasteiger partial charge is 0.476 e. The highest BCUT2D eigenvalue weighted by Crippen LogP contribution is 2.28. The van der Waals surface area contributed by atoms with Crippen molar-refractivity contribution in [1.29, 1.82) is 0 Å². The van der Waals surface area contributed by atoms with Crippen molar-refractivity contribution in [2.45, 2.75) is 6.92 Å². The fourth-order valence-corrected chi connectivity index (χ4v) is 2.10. The first kappa shape index (κ1) is 14.4. The van der Waals surface area contributed by atoms with E-state index in [0.717, 1.165) is 16.7 Å². The third kappa shape index (κ3) is 2.77. The van der Waals surface area contributed by atoms with Gasteiger partial charge in [-0.25, -0.2) is 4.79 Å². The third-order valence-corrected chi connectivity index (χ3v) is 2.98. The van der Waals surface area contributed by atoms with E-state index in [1.807, 2.05) is 54.9 Å². The van der Waals surface area contributed by atoms with E-state index in [-0.39, 0.29) is 5.97 Å². The molecule has 5 nitrogen and oxygen atoms in total. The SMILES string of the molecule is CCOC(=O)c1cc2cccc(OCN(C)C)c2n1C. The second-order valence-corrected chi connectivity index (χ2v) is 4.86. The van der Waals surface area contributed by atoms with Crippen molar-refractivity contribution in [3.05, 3.63) is 30.0 Å². The summed E-state index contributed by atoms with van der Waals surface area (Å²) in [5.74, 6) is 0.444. The molecule has 0 fully saturated rings. The van der Waals surface area contributed by atoms with Crippen LogP contribution in [0.1, 0.15) is 17.4 Å². The summed E-state index contributed by atoms with van der Waals surface area (Å²) in [6, 6.07) is 7.61. The molecule has 0 aliphatic heterocycles. The Labute approximate surface area is 118 Å². The van der Waals surface area contributed by atoms with E-state index in [4.69, 9.17) is 9.47 Å². The van der Waals surface area contributed by atoms with Crippen LogP contribution in [0.15, 0.2) is 24.3 Å². The van der Waals surface area contributed by atoms with Crippen molar-refractivity contribution in [3.8, 4) is 5.75 Å². The van der Waals surface area contributed by atoms with Gasteiger partial charge in [0.25, 0.3) is 0 Å². The average molecular weight is 276 g/mol. The predicted molar refractivity (Wildman–Crippen MR) is 78.1 cm³/mol. The number of aromatic nitrogens is 1. The van der Waals surface area contributed by atoms with Crippen molar-refractivity contribution in [3.63, 3.8) is 0 Å². The van der Waals surface area contributed by atoms with Gasteiger partial charge in [0, 0.05) is 12.4 Å². The summed E-state index contributed by atoms with van der Waals surface area (Å²) in [7, 11) is 5.72. The number of carbonyl (C=O) groups is 1. The molecule has 20 heavy (non-hydrogen) atoms. The zero-order valence-corrected chi connectivity index (χ0v) is 12.3. The Morgan fingerprint density at radius 3 is 2.75 bits per heavy atom. The van der Waals surface area contributed by atoms with Gasteiger partial charge in [0.2, 0.25) is 0 Å². The molecule has 0 N–H and O–H groups in total. The van der Waals surface area contributed by atoms with Crippen molar-refractivity contribution >= 4 is 16.9 Å². The number of esters is 1. The predicted octanol–water partition coefficient (Wildman–Crippen LogP) is 2.25. The van der Waals surface area contributed by atoms with Crippen molar-refractivity contribution in [2.24, 2.45) is 7.05 Å². The van der Waals surface area contributed by atoms with Crippen LogP contribution in [-0.4, -0.2) is 42.9 Å². The normalized spacial score (nSPS) is 11.1. The van der Waals surface area contributed by atoms with Crippen LogP contribution in [0.4, 0.5) is 0 Å². The number of fused-ring (bicyclic) bond motifs is 1. The number of benzene rings is 1. The topological polar surface area (TPSA) is 43.7 Å². The molecule has 0 aliphatic rings. The smallest absolute Gasteiger partial charge is 0.354 e. The Kier molecular flexibility index (Phi) is 4.29. The van der Waals surface area contributed by atoms with Gasteiger partial charge in [-0.2, -0.15) is 0 Å². The Morgan fingerprint density at radius 2 is 2.10 bits per heavy atom. The summed E-state index contributed by atoms with van der Waals surface area (Å²) >= 11 is 0. The van der Waals surface area contributed by atoms with E-state index in [9.17, 15) is 4.79 Å². The van der Waals surface area contributed by atoms with Crippen LogP contribution in [0.2, 0.25) is 0 Å². The molecule has 0 spiro atoms. The second-order valence-electron chi connectivity index (χ2n) is 4.86. The minimum Gasteiger partial charge on any atom is -0.476 e. The van der Waals surface area contributed by atoms with Crippen LogP contribution >= 0.6 is 0 Å². The Hall–Kier alpha value is -2.01. The summed E-state index contributed by atoms with van der Waals surface area (Å²) in [6.07, 6.45) is 0. The summed E-state index contributed by atoms with van der Waals surface area (Å²) in [6.45, 7) is 2.65. The van der Waals surface area contributed by atoms with Gasteiger partial charge in [-0.15, -0.1) is 0 Å². The van der Waals surface area contributed by atoms with Crippen LogP contribution in [0, 0.1) is 0 Å². The molecule has 2 rings (SSSR count). The maximum absolute atomic E-state index is 11.9. The Morgan fingerprint density at radius 1 is 1.35 bits per heavy atom. The molecule has 2 aromatic rings. The van der Waals surface area contributed by atoms with Gasteiger partial charge in [-0.3, -0.25) is 4.90 Å². The zero-order valence-electron chi connectivity index (χ0n) is 12.3. The molecule has 0 saturated heterocycles. The quantitative estimate of drug-likeness (QED) is 0.620. The monoisotopic (exact) mass is 276 g/mol. The molecule has 1 aromatic heterocycles. The first-order valence-corrected chi connectivity index (χ1v) is 6.57. The maximum atomic E-state index is 11.9. The van der Waals surface area contributed by atoms with Crippen molar-refractivity contribution in [2.75, 3.05) is 27.4 Å². The molecule has 108 valence electrons. The van der Waals surface area contributed by atoms with E-state index in [1.165, 1.54) is 0 Å². The van der Waals surface area contributed by atoms with Crippen molar-refractivity contribution in [1.82, 2.24) is 9.47 Å². The third-order valence-electron chi connectivity index (χ3n) is 2.98. The number of aryl methyl sites for hydroxylation is 1. The number of carbonyl (C=O) groups excluding carboxylic acids is 1. The summed E-state index contributed by atoms with van der Waals surface area (Å²) in [5.41, 5.74) is 1.43. The number of hydrogen-bond donors (Lipinski definition) is 0. The maximum Gasteiger partial charge on any atom is 0.354 e. The standard InChI is InChI=1S/C15H20N2O3/c1-5-19-15(18)12-9-11-7-6-8-13(14(11)17(12)4)20-10-16(2)3/h6-9H,5,10H2,1-4H3. The van der Waals surface area contributed by atoms with Crippen LogP contribution in [0.25, 0.3) is 10.9 Å². The van der Waals surface area contributed by atoms with E-state index < -0.39 is 0 Å². The Bertz CT molecular complexity index is 617. The highest BCUT2D eigenvalue weighted by Gasteiger charge is 2.16. The molecule has 0 unspecified atom stereocenters. The number of nitrogens with zero attached hydrogens (tertiary/aromatic N) is 2. The lowest BCUT2D eigenvalue weighted by Crippen LogP contribution is -2.18. The fourth-order valence-electron chi connectivity index (χ4n) is 2.10. The average Bonchev–Trinajstić information content (AvgIpc) is 2.75. The molecule has 1 heterocycles. The number of ether oxygens (including phenoxy) is 2. The van der Waals surface area contributed by atoms with Gasteiger partial charge >= 0.3 is 5.97 Å². The minimum atomic E-state index is -0.315. The lowest BCUT2D eigenvalue weighted by atomic mass is 10.2. The van der Waals surface area contributed by atoms with Gasteiger partial charge in [0.15, 0.2) is 0 Å². The van der Waals surface area contributed by atoms with E-state index >= 15 is 0 Å². The summed E-state index contributed by atoms with van der Waals surface area (Å²) in [5, 5.41) is 0.965. The summed E-state index contributed by atoms with van der Waals surface area (Å²) < 4.78 is 12.7. The first-order valence-electron chi connectivity index (χ1n) is 6.57. The molecule has 1 aromatic carbocycles. The van der Waals surface area contributed by atoms with Crippen LogP contribution in [0.5, 0.6) is 5.75 Å². The lowest BCUT2D eigenvalue weighted by Gasteiger charge is -2.13. The highest BCUT2D eigenvalue weighted by molar-refractivity contribution is 5.97. The first-order chi connectivity index (χ1) is 9.54. The lowest BCUT2D eigenvalue weighted by molar-refractivity contribution is 0.0516. The van der Waals surface area contributed by atoms with Gasteiger partial charge in [0.05, 0.1) is 12.1 Å². The summed E-state index contributed by atoms with van der Waals surface area (Å²) in [4.78, 5) is 13.9. The second kappa shape index (κ2) is 5.96. The zero-order chi connectivity index (χ0) is 14.7. The van der Waals surface area contributed by atoms with E-state index in [2.05, 4.69) is 0 Å². The van der Waals surface area contributed by atoms with Crippen LogP contribution < -0.4 is 4.74 Å². The van der Waals surface area contributed by atoms with Crippen LogP contribution in [-0.2, 0) is 11.8 Å². The minimum absolute atomic E-state index is 0.315. The molecular weight excluding hydrogens is 256 g/mol. The van der Waals surface area contributed by atoms with Gasteiger partial charge in [-0.05, 0) is 33.2 Å². The van der Waals surface area contributed by atoms with Crippen LogP contribution in [0.3, 0.4) is 0 Å². The number of hydrogen-bond acceptors (Lipinski definition) is 4. The number of rotatable bonds is 5. The molecule has 0 radical (unpaired) electrons. The van der Waals surface area contributed by atoms with E-state index in [0.29, 0.717) is 19.0 Å². The van der Waals surface area contributed by atoms with Gasteiger partial charge in [-0.1, -0.05) is 12.1 Å². The van der Waals surface area contributed by atoms with E-state index in [1.54, 1.807) is 6.92 Å². The molecule has 0 saturated carbocycles. The molecule has 5 heteroatoms.